The number of carbonyl (C=O) groups is 2. The van der Waals surface area contributed by atoms with Crippen LogP contribution in [0.5, 0.6) is 0 Å². The van der Waals surface area contributed by atoms with Crippen LogP contribution in [0.15, 0.2) is 66.9 Å². The van der Waals surface area contributed by atoms with Crippen molar-refractivity contribution in [2.24, 2.45) is 0 Å². The molecule has 0 radical (unpaired) electrons. The standard InChI is InChI=1S/C29H30Cl2N4O4S/c1-40(38,39)34-24-11-4-5-12-25(24)35-27(22-14-13-18(30)16-23(22)31)26(20-9-2-3-10-21(20)29(35)37)28(36)33-17-19-8-6-7-15-32-19/h2-3,6-10,13-16,24-27,34H,4-5,11-12,17H2,1H3,(H,33,36)/t24-,25-,26+,27-/m0/s1. The Hall–Kier alpha value is -2.98. The molecule has 0 spiro atoms. The predicted molar refractivity (Wildman–Crippen MR) is 155 cm³/mol. The van der Waals surface area contributed by atoms with E-state index in [2.05, 4.69) is 15.0 Å². The summed E-state index contributed by atoms with van der Waals surface area (Å²) in [4.78, 5) is 34.3. The maximum Gasteiger partial charge on any atom is 0.255 e. The highest BCUT2D eigenvalue weighted by molar-refractivity contribution is 7.88. The number of hydrogen-bond acceptors (Lipinski definition) is 5. The lowest BCUT2D eigenvalue weighted by atomic mass is 9.76. The summed E-state index contributed by atoms with van der Waals surface area (Å²) in [6.45, 7) is 0.203. The zero-order valence-corrected chi connectivity index (χ0v) is 24.2. The van der Waals surface area contributed by atoms with Gasteiger partial charge in [0, 0.05) is 33.9 Å². The van der Waals surface area contributed by atoms with E-state index in [-0.39, 0.29) is 18.4 Å². The van der Waals surface area contributed by atoms with E-state index in [9.17, 15) is 18.0 Å². The Balaban J connectivity index is 1.65. The molecule has 1 saturated carbocycles. The molecular weight excluding hydrogens is 571 g/mol. The van der Waals surface area contributed by atoms with E-state index in [1.165, 1.54) is 0 Å². The Morgan fingerprint density at radius 3 is 2.50 bits per heavy atom. The minimum Gasteiger partial charge on any atom is -0.350 e. The van der Waals surface area contributed by atoms with Crippen LogP contribution in [-0.2, 0) is 21.4 Å². The van der Waals surface area contributed by atoms with Gasteiger partial charge in [-0.1, -0.05) is 66.4 Å². The molecule has 1 aromatic heterocycles. The minimum absolute atomic E-state index is 0.203. The highest BCUT2D eigenvalue weighted by Crippen LogP contribution is 2.47. The van der Waals surface area contributed by atoms with Crippen molar-refractivity contribution in [3.8, 4) is 0 Å². The molecule has 2 amide bonds. The Bertz CT molecular complexity index is 1520. The van der Waals surface area contributed by atoms with Crippen molar-refractivity contribution in [1.29, 1.82) is 0 Å². The van der Waals surface area contributed by atoms with E-state index in [1.807, 2.05) is 12.1 Å². The van der Waals surface area contributed by atoms with Crippen molar-refractivity contribution in [3.05, 3.63) is 99.3 Å². The van der Waals surface area contributed by atoms with Gasteiger partial charge in [0.25, 0.3) is 5.91 Å². The average molecular weight is 602 g/mol. The average Bonchev–Trinajstić information content (AvgIpc) is 2.92. The summed E-state index contributed by atoms with van der Waals surface area (Å²) in [5.41, 5.74) is 2.25. The number of nitrogens with zero attached hydrogens (tertiary/aromatic N) is 2. The van der Waals surface area contributed by atoms with Crippen LogP contribution in [-0.4, -0.2) is 48.5 Å². The number of nitrogens with one attached hydrogen (secondary N) is 2. The fourth-order valence-electron chi connectivity index (χ4n) is 5.92. The number of pyridine rings is 1. The van der Waals surface area contributed by atoms with Gasteiger partial charge in [-0.3, -0.25) is 14.6 Å². The molecule has 1 aliphatic heterocycles. The molecule has 1 aliphatic carbocycles. The third-order valence-electron chi connectivity index (χ3n) is 7.56. The fourth-order valence-corrected chi connectivity index (χ4v) is 7.26. The van der Waals surface area contributed by atoms with Gasteiger partial charge < -0.3 is 10.2 Å². The maximum atomic E-state index is 14.3. The van der Waals surface area contributed by atoms with Gasteiger partial charge in [0.15, 0.2) is 0 Å². The first-order valence-electron chi connectivity index (χ1n) is 13.2. The Morgan fingerprint density at radius 2 is 1.77 bits per heavy atom. The number of benzene rings is 2. The Labute approximate surface area is 244 Å². The van der Waals surface area contributed by atoms with Gasteiger partial charge in [0.1, 0.15) is 0 Å². The molecule has 0 saturated heterocycles. The molecule has 11 heteroatoms. The quantitative estimate of drug-likeness (QED) is 0.403. The summed E-state index contributed by atoms with van der Waals surface area (Å²) < 4.78 is 27.4. The van der Waals surface area contributed by atoms with Crippen LogP contribution < -0.4 is 10.0 Å². The number of aromatic nitrogens is 1. The zero-order valence-electron chi connectivity index (χ0n) is 21.9. The molecule has 2 N–H and O–H groups in total. The third kappa shape index (κ3) is 6.02. The first kappa shape index (κ1) is 28.5. The second-order valence-corrected chi connectivity index (χ2v) is 12.9. The summed E-state index contributed by atoms with van der Waals surface area (Å²) in [5.74, 6) is -1.39. The molecule has 2 heterocycles. The molecular formula is C29H30Cl2N4O4S. The van der Waals surface area contributed by atoms with E-state index in [0.29, 0.717) is 45.3 Å². The van der Waals surface area contributed by atoms with Crippen LogP contribution in [0.4, 0.5) is 0 Å². The SMILES string of the molecule is CS(=O)(=O)N[C@H]1CCCC[C@@H]1N1C(=O)c2ccccc2[C@@H](C(=O)NCc2ccccn2)[C@@H]1c1ccc(Cl)cc1Cl. The van der Waals surface area contributed by atoms with Gasteiger partial charge in [0.05, 0.1) is 30.5 Å². The van der Waals surface area contributed by atoms with Gasteiger partial charge in [-0.05, 0) is 54.3 Å². The topological polar surface area (TPSA) is 108 Å². The van der Waals surface area contributed by atoms with E-state index in [4.69, 9.17) is 23.2 Å². The largest absolute Gasteiger partial charge is 0.350 e. The Kier molecular flexibility index (Phi) is 8.47. The van der Waals surface area contributed by atoms with Crippen LogP contribution in [0.2, 0.25) is 10.0 Å². The second-order valence-electron chi connectivity index (χ2n) is 10.3. The van der Waals surface area contributed by atoms with Gasteiger partial charge >= 0.3 is 0 Å². The van der Waals surface area contributed by atoms with Crippen LogP contribution in [0.1, 0.15) is 64.8 Å². The number of rotatable bonds is 7. The van der Waals surface area contributed by atoms with Crippen molar-refractivity contribution >= 4 is 45.0 Å². The summed E-state index contributed by atoms with van der Waals surface area (Å²) in [7, 11) is -3.56. The van der Waals surface area contributed by atoms with Crippen molar-refractivity contribution in [1.82, 2.24) is 19.9 Å². The lowest BCUT2D eigenvalue weighted by Crippen LogP contribution is -2.59. The van der Waals surface area contributed by atoms with E-state index >= 15 is 0 Å². The minimum atomic E-state index is -3.56. The van der Waals surface area contributed by atoms with Crippen molar-refractivity contribution < 1.29 is 18.0 Å². The fraction of sp³-hybridized carbons (Fsp3) is 0.345. The molecule has 8 nitrogen and oxygen atoms in total. The van der Waals surface area contributed by atoms with Crippen LogP contribution in [0.25, 0.3) is 0 Å². The highest BCUT2D eigenvalue weighted by atomic mass is 35.5. The smallest absolute Gasteiger partial charge is 0.255 e. The van der Waals surface area contributed by atoms with Crippen LogP contribution in [0, 0.1) is 0 Å². The zero-order chi connectivity index (χ0) is 28.4. The van der Waals surface area contributed by atoms with E-state index < -0.39 is 34.1 Å². The number of carbonyl (C=O) groups excluding carboxylic acids is 2. The highest BCUT2D eigenvalue weighted by Gasteiger charge is 2.49. The molecule has 40 heavy (non-hydrogen) atoms. The summed E-state index contributed by atoms with van der Waals surface area (Å²) in [6, 6.07) is 15.8. The molecule has 3 aromatic rings. The molecule has 1 fully saturated rings. The van der Waals surface area contributed by atoms with Gasteiger partial charge in [-0.2, -0.15) is 0 Å². The summed E-state index contributed by atoms with van der Waals surface area (Å²) >= 11 is 13.0. The molecule has 0 unspecified atom stereocenters. The van der Waals surface area contributed by atoms with Gasteiger partial charge in [-0.15, -0.1) is 0 Å². The van der Waals surface area contributed by atoms with Crippen LogP contribution >= 0.6 is 23.2 Å². The third-order valence-corrected chi connectivity index (χ3v) is 8.86. The molecule has 0 bridgehead atoms. The lowest BCUT2D eigenvalue weighted by molar-refractivity contribution is -0.124. The molecule has 210 valence electrons. The normalized spacial score (nSPS) is 23.0. The number of sulfonamides is 1. The molecule has 5 rings (SSSR count). The first-order valence-corrected chi connectivity index (χ1v) is 15.8. The van der Waals surface area contributed by atoms with E-state index in [1.54, 1.807) is 59.6 Å². The summed E-state index contributed by atoms with van der Waals surface area (Å²) in [6.07, 6.45) is 5.56. The molecule has 2 aliphatic rings. The maximum absolute atomic E-state index is 14.3. The number of amides is 2. The Morgan fingerprint density at radius 1 is 1.02 bits per heavy atom. The van der Waals surface area contributed by atoms with Crippen molar-refractivity contribution in [2.45, 2.75) is 56.3 Å². The number of halogens is 2. The van der Waals surface area contributed by atoms with Gasteiger partial charge in [0.2, 0.25) is 15.9 Å². The molecule has 4 atom stereocenters. The summed E-state index contributed by atoms with van der Waals surface area (Å²) in [5, 5.41) is 3.75. The number of hydrogen-bond donors (Lipinski definition) is 2. The molecule has 2 aromatic carbocycles. The predicted octanol–water partition coefficient (Wildman–Crippen LogP) is 4.85. The van der Waals surface area contributed by atoms with E-state index in [0.717, 1.165) is 19.1 Å². The van der Waals surface area contributed by atoms with Crippen molar-refractivity contribution in [2.75, 3.05) is 6.26 Å². The number of fused-ring (bicyclic) bond motifs is 1. The first-order chi connectivity index (χ1) is 19.1. The van der Waals surface area contributed by atoms with Crippen LogP contribution in [0.3, 0.4) is 0 Å². The lowest BCUT2D eigenvalue weighted by Gasteiger charge is -2.49. The second kappa shape index (κ2) is 11.9. The van der Waals surface area contributed by atoms with Gasteiger partial charge in [-0.25, -0.2) is 13.1 Å². The van der Waals surface area contributed by atoms with Crippen molar-refractivity contribution in [3.63, 3.8) is 0 Å². The monoisotopic (exact) mass is 600 g/mol.